The van der Waals surface area contributed by atoms with Crippen LogP contribution in [0.2, 0.25) is 0 Å². The number of aromatic nitrogens is 4. The quantitative estimate of drug-likeness (QED) is 0.0182. The van der Waals surface area contributed by atoms with Crippen LogP contribution in [0, 0.1) is 5.92 Å². The van der Waals surface area contributed by atoms with E-state index in [9.17, 15) is 39.3 Å². The number of oxime groups is 1. The van der Waals surface area contributed by atoms with E-state index < -0.39 is 62.8 Å². The number of carboxylic acid groups (broad SMARTS) is 2. The van der Waals surface area contributed by atoms with Crippen LogP contribution in [0.1, 0.15) is 32.5 Å². The summed E-state index contributed by atoms with van der Waals surface area (Å²) in [7, 11) is -4.92. The maximum absolute atomic E-state index is 13.4. The molecule has 2 aliphatic rings. The molecule has 1 fully saturated rings. The SMILES string of the molecule is CC(C)(O/N=C(\C(=O)N[C@@H]1C(=O)N2C(C(=O)O)=C(C[n+]3cc(NC(=O)C(CCN)CCN)c(N)n3CCO)CS[C@H]12)c1nsc(N)n1)C(=O)O.O=S(=O)([O-])O. The van der Waals surface area contributed by atoms with Gasteiger partial charge >= 0.3 is 11.9 Å². The Kier molecular flexibility index (Phi) is 15.0. The molecule has 0 bridgehead atoms. The fourth-order valence-corrected chi connectivity index (χ4v) is 6.87. The molecule has 2 atom stereocenters. The van der Waals surface area contributed by atoms with Crippen LogP contribution in [0.15, 0.2) is 22.6 Å². The number of hydrogen-bond donors (Lipinski definition) is 10. The van der Waals surface area contributed by atoms with Crippen molar-refractivity contribution in [2.24, 2.45) is 22.5 Å². The van der Waals surface area contributed by atoms with Gasteiger partial charge in [-0.3, -0.25) is 23.8 Å². The molecule has 304 valence electrons. The highest BCUT2D eigenvalue weighted by Gasteiger charge is 2.55. The number of anilines is 3. The summed E-state index contributed by atoms with van der Waals surface area (Å²) in [5, 5.41) is 37.4. The van der Waals surface area contributed by atoms with E-state index in [1.54, 1.807) is 0 Å². The largest absolute Gasteiger partial charge is 0.726 e. The van der Waals surface area contributed by atoms with E-state index in [2.05, 4.69) is 25.1 Å². The number of aliphatic hydroxyl groups excluding tert-OH is 1. The molecular weight excluding hydrogens is 797 g/mol. The molecule has 3 amide bonds. The zero-order chi connectivity index (χ0) is 41.4. The lowest BCUT2D eigenvalue weighted by atomic mass is 10.0. The van der Waals surface area contributed by atoms with Gasteiger partial charge in [0, 0.05) is 28.8 Å². The van der Waals surface area contributed by atoms with E-state index in [-0.39, 0.29) is 72.6 Å². The van der Waals surface area contributed by atoms with Crippen molar-refractivity contribution in [1.29, 1.82) is 0 Å². The minimum atomic E-state index is -4.92. The first kappa shape index (κ1) is 44.4. The first-order valence-corrected chi connectivity index (χ1v) is 19.0. The molecule has 0 spiro atoms. The molecule has 25 nitrogen and oxygen atoms in total. The van der Waals surface area contributed by atoms with Crippen LogP contribution in [-0.2, 0) is 52.3 Å². The van der Waals surface area contributed by atoms with Gasteiger partial charge < -0.3 is 58.3 Å². The number of carboxylic acids is 2. The number of nitrogens with one attached hydrogen (secondary N) is 2. The van der Waals surface area contributed by atoms with Gasteiger partial charge in [0.05, 0.1) is 6.61 Å². The van der Waals surface area contributed by atoms with Gasteiger partial charge in [-0.1, -0.05) is 5.16 Å². The second kappa shape index (κ2) is 18.6. The molecule has 4 heterocycles. The first-order valence-electron chi connectivity index (χ1n) is 15.8. The van der Waals surface area contributed by atoms with Gasteiger partial charge in [-0.15, -0.1) is 21.1 Å². The zero-order valence-electron chi connectivity index (χ0n) is 29.1. The molecule has 2 aliphatic heterocycles. The van der Waals surface area contributed by atoms with Crippen LogP contribution in [0.25, 0.3) is 0 Å². The van der Waals surface area contributed by atoms with Gasteiger partial charge in [-0.2, -0.15) is 9.36 Å². The van der Waals surface area contributed by atoms with E-state index in [1.165, 1.54) is 41.2 Å². The van der Waals surface area contributed by atoms with Gasteiger partial charge in [0.2, 0.25) is 39.6 Å². The summed E-state index contributed by atoms with van der Waals surface area (Å²) in [6.07, 6.45) is 2.31. The van der Waals surface area contributed by atoms with Gasteiger partial charge in [-0.05, 0) is 39.8 Å². The number of carbonyl (C=O) groups excluding carboxylic acids is 3. The van der Waals surface area contributed by atoms with Crippen LogP contribution in [0.3, 0.4) is 0 Å². The van der Waals surface area contributed by atoms with Crippen LogP contribution in [0.4, 0.5) is 16.6 Å². The molecule has 0 aromatic carbocycles. The highest BCUT2D eigenvalue weighted by molar-refractivity contribution is 8.00. The predicted molar refractivity (Wildman–Crippen MR) is 191 cm³/mol. The molecule has 55 heavy (non-hydrogen) atoms. The van der Waals surface area contributed by atoms with Crippen molar-refractivity contribution in [2.75, 3.05) is 42.2 Å². The number of fused-ring (bicyclic) bond motifs is 1. The van der Waals surface area contributed by atoms with Crippen molar-refractivity contribution < 1.29 is 66.3 Å². The van der Waals surface area contributed by atoms with E-state index in [4.69, 9.17) is 45.3 Å². The first-order chi connectivity index (χ1) is 25.6. The molecule has 0 radical (unpaired) electrons. The van der Waals surface area contributed by atoms with E-state index in [0.29, 0.717) is 18.4 Å². The van der Waals surface area contributed by atoms with Crippen LogP contribution in [-0.4, -0.2) is 130 Å². The smallest absolute Gasteiger partial charge is 0.352 e. The van der Waals surface area contributed by atoms with E-state index >= 15 is 0 Å². The lowest BCUT2D eigenvalue weighted by molar-refractivity contribution is -0.767. The number of aliphatic hydroxyl groups is 1. The standard InChI is InChI=1S/C27H38N12O9S2.H2O4S/c1-27(2,25(46)47)48-35-15(19-34-26(31)50-36-19)21(42)33-16-22(43)39-17(24(44)45)13(11-49-23(16)39)9-37-10-14(18(30)38(37)7-8-40)32-20(41)12(3-5-28)4-6-29;1-5(2,3)4/h10,12,16,23,30,40H,3-9,11,28-29H2,1-2H3,(H6,31,32,33,34,36,41,42,44,45,46,47);(H2,1,2,3,4)/b35-15-;/t16-,23-;/m1./s1. The Balaban J connectivity index is 0.00000152. The van der Waals surface area contributed by atoms with Crippen LogP contribution in [0.5, 0.6) is 0 Å². The number of hydrogen-bond acceptors (Lipinski definition) is 19. The Hall–Kier alpha value is -4.97. The Morgan fingerprint density at radius 1 is 1.20 bits per heavy atom. The second-order valence-corrected chi connectivity index (χ2v) is 14.8. The molecule has 0 unspecified atom stereocenters. The number of nitrogens with two attached hydrogens (primary N) is 4. The average molecular weight is 837 g/mol. The summed E-state index contributed by atoms with van der Waals surface area (Å²) in [5.74, 6) is -5.36. The highest BCUT2D eigenvalue weighted by Crippen LogP contribution is 2.40. The Labute approximate surface area is 320 Å². The molecule has 4 rings (SSSR count). The third-order valence-corrected chi connectivity index (χ3v) is 9.63. The average Bonchev–Trinajstić information content (AvgIpc) is 3.64. The number of rotatable bonds is 17. The summed E-state index contributed by atoms with van der Waals surface area (Å²) in [4.78, 5) is 73.8. The summed E-state index contributed by atoms with van der Waals surface area (Å²) in [5.41, 5.74) is 21.1. The molecule has 0 saturated carbocycles. The molecule has 2 aromatic rings. The summed E-state index contributed by atoms with van der Waals surface area (Å²) in [6, 6.07) is -1.20. The number of β-lactam (4-membered cyclic amide) rings is 1. The minimum Gasteiger partial charge on any atom is -0.726 e. The van der Waals surface area contributed by atoms with Crippen molar-refractivity contribution in [3.8, 4) is 0 Å². The van der Waals surface area contributed by atoms with Crippen molar-refractivity contribution in [3.63, 3.8) is 0 Å². The van der Waals surface area contributed by atoms with Gasteiger partial charge in [0.25, 0.3) is 11.8 Å². The van der Waals surface area contributed by atoms with Crippen molar-refractivity contribution >= 4 is 85.7 Å². The number of aliphatic carboxylic acids is 2. The third-order valence-electron chi connectivity index (χ3n) is 7.75. The van der Waals surface area contributed by atoms with Crippen molar-refractivity contribution in [1.82, 2.24) is 24.3 Å². The number of nitrogens with zero attached hydrogens (tertiary/aromatic N) is 6. The van der Waals surface area contributed by atoms with E-state index in [1.807, 2.05) is 0 Å². The topological polar surface area (TPSA) is 411 Å². The molecule has 0 aliphatic carbocycles. The lowest BCUT2D eigenvalue weighted by Gasteiger charge is -2.49. The number of carbonyl (C=O) groups is 5. The van der Waals surface area contributed by atoms with Crippen LogP contribution >= 0.6 is 23.3 Å². The Morgan fingerprint density at radius 2 is 1.82 bits per heavy atom. The number of amides is 3. The summed E-state index contributed by atoms with van der Waals surface area (Å²) in [6.45, 7) is 2.55. The highest BCUT2D eigenvalue weighted by atomic mass is 32.3. The summed E-state index contributed by atoms with van der Waals surface area (Å²) >= 11 is 1.92. The van der Waals surface area contributed by atoms with E-state index in [0.717, 1.165) is 16.4 Å². The molecule has 28 heteroatoms. The van der Waals surface area contributed by atoms with Crippen molar-refractivity contribution in [2.45, 2.75) is 56.8 Å². The fraction of sp³-hybridized carbons (Fsp3) is 0.519. The minimum absolute atomic E-state index is 0.00960. The Morgan fingerprint density at radius 3 is 2.33 bits per heavy atom. The lowest BCUT2D eigenvalue weighted by Crippen LogP contribution is -2.71. The molecule has 1 saturated heterocycles. The monoisotopic (exact) mass is 836 g/mol. The van der Waals surface area contributed by atoms with Gasteiger partial charge in [0.15, 0.2) is 23.2 Å². The zero-order valence-corrected chi connectivity index (χ0v) is 31.6. The number of nitrogen functional groups attached to an aromatic ring is 2. The normalized spacial score (nSPS) is 17.2. The molecule has 2 aromatic heterocycles. The van der Waals surface area contributed by atoms with Crippen molar-refractivity contribution in [3.05, 3.63) is 23.3 Å². The maximum atomic E-state index is 13.4. The number of thioether (sulfide) groups is 1. The maximum Gasteiger partial charge on any atom is 0.352 e. The molecule has 14 N–H and O–H groups in total. The van der Waals surface area contributed by atoms with Crippen LogP contribution < -0.4 is 38.3 Å². The van der Waals surface area contributed by atoms with Gasteiger partial charge in [0.1, 0.15) is 23.7 Å². The predicted octanol–water partition coefficient (Wildman–Crippen LogP) is -3.94. The third kappa shape index (κ3) is 11.3. The summed E-state index contributed by atoms with van der Waals surface area (Å²) < 4.78 is 39.8. The second-order valence-electron chi connectivity index (χ2n) is 12.1. The van der Waals surface area contributed by atoms with Gasteiger partial charge in [-0.25, -0.2) is 18.0 Å². The Bertz CT molecular complexity index is 1950. The molecular formula is C27H40N12O13S3. The fourth-order valence-electron chi connectivity index (χ4n) is 5.10.